The minimum Gasteiger partial charge on any atom is -0.381 e. The van der Waals surface area contributed by atoms with E-state index in [0.29, 0.717) is 12.6 Å². The van der Waals surface area contributed by atoms with Gasteiger partial charge in [-0.1, -0.05) is 29.8 Å². The maximum atomic E-state index is 6.27. The molecule has 1 fully saturated rings. The molecule has 1 atom stereocenters. The van der Waals surface area contributed by atoms with E-state index in [1.54, 1.807) is 0 Å². The Morgan fingerprint density at radius 1 is 1.39 bits per heavy atom. The fourth-order valence-corrected chi connectivity index (χ4v) is 2.87. The van der Waals surface area contributed by atoms with Gasteiger partial charge in [0.1, 0.15) is 0 Å². The van der Waals surface area contributed by atoms with Crippen molar-refractivity contribution in [2.45, 2.75) is 24.9 Å². The van der Waals surface area contributed by atoms with Gasteiger partial charge in [0.05, 0.1) is 0 Å². The largest absolute Gasteiger partial charge is 0.381 e. The quantitative estimate of drug-likeness (QED) is 0.912. The molecule has 2 rings (SSSR count). The van der Waals surface area contributed by atoms with Crippen LogP contribution in [0.25, 0.3) is 0 Å². The van der Waals surface area contributed by atoms with Crippen LogP contribution in [-0.2, 0) is 4.74 Å². The van der Waals surface area contributed by atoms with E-state index in [9.17, 15) is 0 Å². The maximum Gasteiger partial charge on any atom is 0.0485 e. The molecule has 0 spiro atoms. The van der Waals surface area contributed by atoms with Crippen LogP contribution >= 0.6 is 11.6 Å². The molecule has 3 nitrogen and oxygen atoms in total. The van der Waals surface area contributed by atoms with Gasteiger partial charge in [-0.2, -0.15) is 0 Å². The van der Waals surface area contributed by atoms with E-state index >= 15 is 0 Å². The smallest absolute Gasteiger partial charge is 0.0485 e. The molecule has 1 aromatic carbocycles. The van der Waals surface area contributed by atoms with Crippen molar-refractivity contribution in [3.8, 4) is 0 Å². The fraction of sp³-hybridized carbons (Fsp3) is 0.571. The predicted molar refractivity (Wildman–Crippen MR) is 74.9 cm³/mol. The molecule has 1 saturated heterocycles. The highest BCUT2D eigenvalue weighted by atomic mass is 35.5. The van der Waals surface area contributed by atoms with E-state index in [-0.39, 0.29) is 6.04 Å². The second-order valence-corrected chi connectivity index (χ2v) is 5.19. The van der Waals surface area contributed by atoms with Gasteiger partial charge in [0.15, 0.2) is 0 Å². The summed E-state index contributed by atoms with van der Waals surface area (Å²) in [4.78, 5) is 2.35. The Hall–Kier alpha value is -0.610. The van der Waals surface area contributed by atoms with Crippen LogP contribution in [0.1, 0.15) is 24.4 Å². The molecule has 1 aliphatic heterocycles. The van der Waals surface area contributed by atoms with Crippen molar-refractivity contribution < 1.29 is 4.74 Å². The second kappa shape index (κ2) is 6.53. The highest BCUT2D eigenvalue weighted by Gasteiger charge is 2.26. The summed E-state index contributed by atoms with van der Waals surface area (Å²) in [6, 6.07) is 8.67. The summed E-state index contributed by atoms with van der Waals surface area (Å²) in [5.74, 6) is 0. The van der Waals surface area contributed by atoms with Gasteiger partial charge in [-0.05, 0) is 31.5 Å². The van der Waals surface area contributed by atoms with Crippen molar-refractivity contribution in [2.24, 2.45) is 5.73 Å². The van der Waals surface area contributed by atoms with Crippen molar-refractivity contribution in [3.63, 3.8) is 0 Å². The predicted octanol–water partition coefficient (Wildman–Crippen LogP) is 2.45. The molecule has 0 aromatic heterocycles. The van der Waals surface area contributed by atoms with Gasteiger partial charge in [0.2, 0.25) is 0 Å². The van der Waals surface area contributed by atoms with Gasteiger partial charge in [-0.3, -0.25) is 4.90 Å². The van der Waals surface area contributed by atoms with Crippen molar-refractivity contribution in [1.82, 2.24) is 4.90 Å². The maximum absolute atomic E-state index is 6.27. The normalized spacial score (nSPS) is 19.1. The summed E-state index contributed by atoms with van der Waals surface area (Å²) in [5, 5.41) is 0.798. The first-order valence-electron chi connectivity index (χ1n) is 6.48. The highest BCUT2D eigenvalue weighted by molar-refractivity contribution is 6.31. The monoisotopic (exact) mass is 268 g/mol. The number of benzene rings is 1. The molecule has 4 heteroatoms. The third-order valence-corrected chi connectivity index (χ3v) is 4.09. The van der Waals surface area contributed by atoms with E-state index in [2.05, 4.69) is 18.0 Å². The summed E-state index contributed by atoms with van der Waals surface area (Å²) >= 11 is 6.27. The summed E-state index contributed by atoms with van der Waals surface area (Å²) in [6.07, 6.45) is 2.13. The third-order valence-electron chi connectivity index (χ3n) is 3.75. The molecular formula is C14H21ClN2O. The molecule has 0 amide bonds. The van der Waals surface area contributed by atoms with Crippen molar-refractivity contribution in [1.29, 1.82) is 0 Å². The summed E-state index contributed by atoms with van der Waals surface area (Å²) in [6.45, 7) is 2.27. The van der Waals surface area contributed by atoms with Gasteiger partial charge in [-0.25, -0.2) is 0 Å². The van der Waals surface area contributed by atoms with Crippen LogP contribution in [0.15, 0.2) is 24.3 Å². The summed E-state index contributed by atoms with van der Waals surface area (Å²) in [7, 11) is 2.14. The van der Waals surface area contributed by atoms with Crippen LogP contribution in [0.2, 0.25) is 5.02 Å². The van der Waals surface area contributed by atoms with Crippen molar-refractivity contribution >= 4 is 11.6 Å². The lowest BCUT2D eigenvalue weighted by Gasteiger charge is -2.37. The van der Waals surface area contributed by atoms with Crippen LogP contribution in [0.5, 0.6) is 0 Å². The number of nitrogens with two attached hydrogens (primary N) is 1. The van der Waals surface area contributed by atoms with E-state index in [1.165, 1.54) is 0 Å². The number of likely N-dealkylation sites (N-methyl/N-ethyl adjacent to an activating group) is 1. The van der Waals surface area contributed by atoms with Gasteiger partial charge in [0.25, 0.3) is 0 Å². The SMILES string of the molecule is CN(C1CCOCC1)C(CN)c1ccccc1Cl. The molecule has 1 aliphatic rings. The average molecular weight is 269 g/mol. The zero-order valence-corrected chi connectivity index (χ0v) is 11.6. The zero-order chi connectivity index (χ0) is 13.0. The molecule has 2 N–H and O–H groups in total. The van der Waals surface area contributed by atoms with Crippen LogP contribution in [0, 0.1) is 0 Å². The zero-order valence-electron chi connectivity index (χ0n) is 10.8. The third kappa shape index (κ3) is 3.04. The molecule has 1 unspecified atom stereocenters. The van der Waals surface area contributed by atoms with Crippen LogP contribution in [0.4, 0.5) is 0 Å². The molecule has 0 aliphatic carbocycles. The standard InChI is InChI=1S/C14H21ClN2O/c1-17(11-6-8-18-9-7-11)14(10-16)12-4-2-3-5-13(12)15/h2-5,11,14H,6-10,16H2,1H3. The highest BCUT2D eigenvalue weighted by Crippen LogP contribution is 2.29. The number of hydrogen-bond donors (Lipinski definition) is 1. The number of rotatable bonds is 4. The molecule has 0 saturated carbocycles. The minimum atomic E-state index is 0.182. The van der Waals surface area contributed by atoms with E-state index in [4.69, 9.17) is 22.1 Å². The lowest BCUT2D eigenvalue weighted by molar-refractivity contribution is 0.0294. The Balaban J connectivity index is 2.14. The van der Waals surface area contributed by atoms with Crippen molar-refractivity contribution in [2.75, 3.05) is 26.8 Å². The number of hydrogen-bond acceptors (Lipinski definition) is 3. The number of nitrogens with zero attached hydrogens (tertiary/aromatic N) is 1. The van der Waals surface area contributed by atoms with Crippen molar-refractivity contribution in [3.05, 3.63) is 34.9 Å². The average Bonchev–Trinajstić information content (AvgIpc) is 2.42. The van der Waals surface area contributed by atoms with E-state index in [1.807, 2.05) is 18.2 Å². The number of halogens is 1. The summed E-state index contributed by atoms with van der Waals surface area (Å²) in [5.41, 5.74) is 7.07. The van der Waals surface area contributed by atoms with Crippen LogP contribution in [-0.4, -0.2) is 37.7 Å². The lowest BCUT2D eigenvalue weighted by Crippen LogP contribution is -2.41. The van der Waals surface area contributed by atoms with Gasteiger partial charge in [0, 0.05) is 36.9 Å². The first kappa shape index (κ1) is 13.8. The molecule has 100 valence electrons. The van der Waals surface area contributed by atoms with E-state index < -0.39 is 0 Å². The van der Waals surface area contributed by atoms with Gasteiger partial charge >= 0.3 is 0 Å². The Labute approximate surface area is 114 Å². The first-order valence-corrected chi connectivity index (χ1v) is 6.86. The Bertz CT molecular complexity index is 380. The molecular weight excluding hydrogens is 248 g/mol. The Morgan fingerprint density at radius 3 is 2.67 bits per heavy atom. The minimum absolute atomic E-state index is 0.182. The molecule has 0 bridgehead atoms. The van der Waals surface area contributed by atoms with Crippen LogP contribution < -0.4 is 5.73 Å². The second-order valence-electron chi connectivity index (χ2n) is 4.78. The fourth-order valence-electron chi connectivity index (χ4n) is 2.60. The van der Waals surface area contributed by atoms with Gasteiger partial charge < -0.3 is 10.5 Å². The van der Waals surface area contributed by atoms with Gasteiger partial charge in [-0.15, -0.1) is 0 Å². The lowest BCUT2D eigenvalue weighted by atomic mass is 10.0. The molecule has 1 aromatic rings. The molecule has 1 heterocycles. The Kier molecular flexibility index (Phi) is 5.01. The van der Waals surface area contributed by atoms with E-state index in [0.717, 1.165) is 36.6 Å². The topological polar surface area (TPSA) is 38.5 Å². The van der Waals surface area contributed by atoms with Crippen LogP contribution in [0.3, 0.4) is 0 Å². The first-order chi connectivity index (χ1) is 8.74. The molecule has 0 radical (unpaired) electrons. The number of ether oxygens (including phenoxy) is 1. The Morgan fingerprint density at radius 2 is 2.06 bits per heavy atom. The summed E-state index contributed by atoms with van der Waals surface area (Å²) < 4.78 is 5.41. The molecule has 18 heavy (non-hydrogen) atoms.